The number of nitriles is 1. The summed E-state index contributed by atoms with van der Waals surface area (Å²) in [6.45, 7) is 2.89. The lowest BCUT2D eigenvalue weighted by molar-refractivity contribution is 0.429. The van der Waals surface area contributed by atoms with Crippen LogP contribution < -0.4 is 0 Å². The van der Waals surface area contributed by atoms with Crippen LogP contribution in [0.25, 0.3) is 0 Å². The molecule has 0 saturated carbocycles. The van der Waals surface area contributed by atoms with Gasteiger partial charge in [-0.15, -0.1) is 11.3 Å². The molecule has 0 spiro atoms. The third-order valence-electron chi connectivity index (χ3n) is 2.58. The summed E-state index contributed by atoms with van der Waals surface area (Å²) in [6.07, 6.45) is 2.81. The minimum Gasteiger partial charge on any atom is -0.206 e. The first kappa shape index (κ1) is 12.3. The molecular formula is C11H12N2O2S2. The van der Waals surface area contributed by atoms with Crippen molar-refractivity contribution in [1.82, 2.24) is 4.31 Å². The highest BCUT2D eigenvalue weighted by molar-refractivity contribution is 7.91. The molecule has 0 aliphatic carbocycles. The molecule has 1 aromatic heterocycles. The highest BCUT2D eigenvalue weighted by Gasteiger charge is 2.27. The number of sulfonamides is 1. The smallest absolute Gasteiger partial charge is 0.206 e. The number of rotatable bonds is 2. The minimum atomic E-state index is -3.42. The van der Waals surface area contributed by atoms with E-state index in [1.54, 1.807) is 6.07 Å². The van der Waals surface area contributed by atoms with Crippen molar-refractivity contribution >= 4 is 21.4 Å². The summed E-state index contributed by atoms with van der Waals surface area (Å²) in [4.78, 5) is 0.424. The second-order valence-corrected chi connectivity index (χ2v) is 7.16. The van der Waals surface area contributed by atoms with Crippen molar-refractivity contribution in [3.05, 3.63) is 28.7 Å². The van der Waals surface area contributed by atoms with Gasteiger partial charge in [-0.2, -0.15) is 9.57 Å². The van der Waals surface area contributed by atoms with Crippen molar-refractivity contribution in [2.24, 2.45) is 0 Å². The Balaban J connectivity index is 2.31. The zero-order valence-electron chi connectivity index (χ0n) is 9.38. The summed E-state index contributed by atoms with van der Waals surface area (Å²) in [6, 6.07) is 5.01. The van der Waals surface area contributed by atoms with E-state index in [-0.39, 0.29) is 4.21 Å². The first-order valence-electron chi connectivity index (χ1n) is 5.20. The molecule has 17 heavy (non-hydrogen) atoms. The van der Waals surface area contributed by atoms with Crippen LogP contribution in [-0.2, 0) is 10.0 Å². The quantitative estimate of drug-likeness (QED) is 0.770. The van der Waals surface area contributed by atoms with Crippen LogP contribution in [0, 0.1) is 11.3 Å². The molecule has 0 radical (unpaired) electrons. The molecule has 90 valence electrons. The van der Waals surface area contributed by atoms with Crippen molar-refractivity contribution in [2.45, 2.75) is 17.6 Å². The summed E-state index contributed by atoms with van der Waals surface area (Å²) in [5.41, 5.74) is 1.07. The van der Waals surface area contributed by atoms with Gasteiger partial charge in [-0.25, -0.2) is 8.42 Å². The molecule has 0 N–H and O–H groups in total. The molecule has 6 heteroatoms. The van der Waals surface area contributed by atoms with E-state index >= 15 is 0 Å². The van der Waals surface area contributed by atoms with Crippen LogP contribution in [0.2, 0.25) is 0 Å². The number of nitrogens with zero attached hydrogens (tertiary/aromatic N) is 2. The van der Waals surface area contributed by atoms with Crippen molar-refractivity contribution < 1.29 is 8.42 Å². The fourth-order valence-electron chi connectivity index (χ4n) is 1.73. The largest absolute Gasteiger partial charge is 0.252 e. The molecule has 1 aliphatic heterocycles. The average Bonchev–Trinajstić information content (AvgIpc) is 2.78. The molecule has 0 saturated heterocycles. The average molecular weight is 268 g/mol. The van der Waals surface area contributed by atoms with Crippen LogP contribution in [0.15, 0.2) is 28.0 Å². The van der Waals surface area contributed by atoms with Gasteiger partial charge in [0, 0.05) is 13.1 Å². The van der Waals surface area contributed by atoms with Crippen LogP contribution >= 0.6 is 11.3 Å². The van der Waals surface area contributed by atoms with E-state index in [2.05, 4.69) is 6.08 Å². The van der Waals surface area contributed by atoms with Gasteiger partial charge in [0.2, 0.25) is 0 Å². The van der Waals surface area contributed by atoms with Gasteiger partial charge >= 0.3 is 0 Å². The molecule has 4 nitrogen and oxygen atoms in total. The fraction of sp³-hybridized carbons (Fsp3) is 0.364. The van der Waals surface area contributed by atoms with Gasteiger partial charge in [0.1, 0.15) is 15.2 Å². The van der Waals surface area contributed by atoms with E-state index in [0.29, 0.717) is 18.0 Å². The number of hydrogen-bond acceptors (Lipinski definition) is 4. The van der Waals surface area contributed by atoms with Gasteiger partial charge in [0.05, 0.1) is 0 Å². The van der Waals surface area contributed by atoms with Crippen LogP contribution in [0.3, 0.4) is 0 Å². The van der Waals surface area contributed by atoms with Gasteiger partial charge in [-0.3, -0.25) is 0 Å². The lowest BCUT2D eigenvalue weighted by Gasteiger charge is -2.24. The standard InChI is InChI=1S/C11H12N2O2S2/c1-9-3-2-6-13(8-9)17(14,15)11-5-4-10(7-12)16-11/h3-5H,2,6,8H2,1H3. The zero-order valence-corrected chi connectivity index (χ0v) is 11.0. The normalized spacial score (nSPS) is 17.5. The van der Waals surface area contributed by atoms with E-state index in [1.807, 2.05) is 13.0 Å². The third-order valence-corrected chi connectivity index (χ3v) is 5.89. The topological polar surface area (TPSA) is 61.2 Å². The molecule has 1 aromatic rings. The summed E-state index contributed by atoms with van der Waals surface area (Å²) < 4.78 is 26.2. The zero-order chi connectivity index (χ0) is 12.5. The van der Waals surface area contributed by atoms with E-state index < -0.39 is 10.0 Å². The summed E-state index contributed by atoms with van der Waals surface area (Å²) in [5.74, 6) is 0. The fourth-order valence-corrected chi connectivity index (χ4v) is 4.48. The SMILES string of the molecule is CC1=CCCN(S(=O)(=O)c2ccc(C#N)s2)C1. The maximum Gasteiger partial charge on any atom is 0.252 e. The van der Waals surface area contributed by atoms with Gasteiger partial charge in [-0.05, 0) is 25.5 Å². The van der Waals surface area contributed by atoms with E-state index in [4.69, 9.17) is 5.26 Å². The summed E-state index contributed by atoms with van der Waals surface area (Å²) >= 11 is 1.02. The molecule has 2 heterocycles. The molecule has 0 atom stereocenters. The Bertz CT molecular complexity index is 593. The second kappa shape index (κ2) is 4.61. The molecule has 0 unspecified atom stereocenters. The van der Waals surface area contributed by atoms with Crippen LogP contribution in [0.1, 0.15) is 18.2 Å². The van der Waals surface area contributed by atoms with Crippen molar-refractivity contribution in [3.63, 3.8) is 0 Å². The first-order chi connectivity index (χ1) is 8.04. The van der Waals surface area contributed by atoms with Crippen LogP contribution in [0.5, 0.6) is 0 Å². The predicted molar refractivity (Wildman–Crippen MR) is 66.2 cm³/mol. The lowest BCUT2D eigenvalue weighted by atomic mass is 10.2. The highest BCUT2D eigenvalue weighted by atomic mass is 32.2. The van der Waals surface area contributed by atoms with Gasteiger partial charge in [0.25, 0.3) is 10.0 Å². The van der Waals surface area contributed by atoms with E-state index in [0.717, 1.165) is 23.3 Å². The van der Waals surface area contributed by atoms with Crippen molar-refractivity contribution in [3.8, 4) is 6.07 Å². The Hall–Kier alpha value is -1.16. The minimum absolute atomic E-state index is 0.253. The highest BCUT2D eigenvalue weighted by Crippen LogP contribution is 2.26. The van der Waals surface area contributed by atoms with Crippen LogP contribution in [0.4, 0.5) is 0 Å². The van der Waals surface area contributed by atoms with Gasteiger partial charge < -0.3 is 0 Å². The Kier molecular flexibility index (Phi) is 3.33. The van der Waals surface area contributed by atoms with Gasteiger partial charge in [-0.1, -0.05) is 11.6 Å². The first-order valence-corrected chi connectivity index (χ1v) is 7.45. The molecule has 0 bridgehead atoms. The Morgan fingerprint density at radius 1 is 1.47 bits per heavy atom. The lowest BCUT2D eigenvalue weighted by Crippen LogP contribution is -2.34. The second-order valence-electron chi connectivity index (χ2n) is 3.91. The third kappa shape index (κ3) is 2.41. The molecule has 2 rings (SSSR count). The molecule has 0 amide bonds. The van der Waals surface area contributed by atoms with Crippen molar-refractivity contribution in [2.75, 3.05) is 13.1 Å². The molecule has 1 aliphatic rings. The van der Waals surface area contributed by atoms with E-state index in [9.17, 15) is 8.42 Å². The van der Waals surface area contributed by atoms with Gasteiger partial charge in [0.15, 0.2) is 0 Å². The summed E-state index contributed by atoms with van der Waals surface area (Å²) in [7, 11) is -3.42. The maximum atomic E-state index is 12.3. The van der Waals surface area contributed by atoms with Crippen LogP contribution in [-0.4, -0.2) is 25.8 Å². The van der Waals surface area contributed by atoms with Crippen molar-refractivity contribution in [1.29, 1.82) is 5.26 Å². The number of thiophene rings is 1. The summed E-state index contributed by atoms with van der Waals surface area (Å²) in [5, 5.41) is 8.71. The monoisotopic (exact) mass is 268 g/mol. The molecule has 0 fully saturated rings. The number of hydrogen-bond donors (Lipinski definition) is 0. The predicted octanol–water partition coefficient (Wildman–Crippen LogP) is 1.96. The Labute approximate surface area is 105 Å². The maximum absolute atomic E-state index is 12.3. The Morgan fingerprint density at radius 2 is 2.24 bits per heavy atom. The molecule has 0 aromatic carbocycles. The molecular weight excluding hydrogens is 256 g/mol. The van der Waals surface area contributed by atoms with E-state index in [1.165, 1.54) is 10.4 Å². The Morgan fingerprint density at radius 3 is 2.82 bits per heavy atom.